The molecule has 0 radical (unpaired) electrons. The van der Waals surface area contributed by atoms with Crippen molar-refractivity contribution < 1.29 is 19.4 Å². The molecule has 2 heterocycles. The van der Waals surface area contributed by atoms with E-state index in [4.69, 9.17) is 14.9 Å². The Labute approximate surface area is 142 Å². The van der Waals surface area contributed by atoms with Crippen LogP contribution in [0.15, 0.2) is 17.1 Å². The van der Waals surface area contributed by atoms with E-state index in [1.165, 1.54) is 12.3 Å². The Hall–Kier alpha value is -1.26. The maximum Gasteiger partial charge on any atom is 0.351 e. The number of rotatable bonds is 7. The van der Waals surface area contributed by atoms with Gasteiger partial charge in [-0.1, -0.05) is 19.8 Å². The molecule has 1 aromatic heterocycles. The van der Waals surface area contributed by atoms with E-state index in [1.54, 1.807) is 0 Å². The first-order chi connectivity index (χ1) is 11.2. The molecule has 9 heteroatoms. The van der Waals surface area contributed by atoms with Gasteiger partial charge in [-0.15, -0.1) is 0 Å². The predicted octanol–water partition coefficient (Wildman–Crippen LogP) is 0.466. The van der Waals surface area contributed by atoms with Crippen LogP contribution in [-0.4, -0.2) is 53.0 Å². The van der Waals surface area contributed by atoms with E-state index in [0.717, 1.165) is 23.5 Å². The quantitative estimate of drug-likeness (QED) is 0.607. The van der Waals surface area contributed by atoms with Crippen LogP contribution in [-0.2, 0) is 9.16 Å². The molecule has 0 amide bonds. The molecule has 4 N–H and O–H groups in total. The number of aliphatic hydroxyl groups excluding tert-OH is 2. The number of unbranched alkanes of at least 4 members (excludes halogenated alkanes) is 1. The number of aliphatic hydroxyl groups is 2. The van der Waals surface area contributed by atoms with E-state index in [9.17, 15) is 15.0 Å². The van der Waals surface area contributed by atoms with Gasteiger partial charge < -0.3 is 25.1 Å². The minimum Gasteiger partial charge on any atom is -0.415 e. The second-order valence-corrected chi connectivity index (χ2v) is 11.1. The minimum atomic E-state index is -1.83. The van der Waals surface area contributed by atoms with Gasteiger partial charge in [-0.25, -0.2) is 4.79 Å². The van der Waals surface area contributed by atoms with Gasteiger partial charge in [-0.05, 0) is 25.2 Å². The van der Waals surface area contributed by atoms with E-state index >= 15 is 0 Å². The lowest BCUT2D eigenvalue weighted by Crippen LogP contribution is -2.39. The Kier molecular flexibility index (Phi) is 6.15. The van der Waals surface area contributed by atoms with Gasteiger partial charge in [0, 0.05) is 6.20 Å². The molecule has 4 atom stereocenters. The maximum absolute atomic E-state index is 11.9. The van der Waals surface area contributed by atoms with Crippen LogP contribution in [0.25, 0.3) is 0 Å². The van der Waals surface area contributed by atoms with Gasteiger partial charge in [-0.2, -0.15) is 4.98 Å². The van der Waals surface area contributed by atoms with E-state index in [1.807, 2.05) is 0 Å². The summed E-state index contributed by atoms with van der Waals surface area (Å²) >= 11 is 0. The van der Waals surface area contributed by atoms with Gasteiger partial charge in [0.25, 0.3) is 0 Å². The fraction of sp³-hybridized carbons (Fsp3) is 0.733. The van der Waals surface area contributed by atoms with Crippen molar-refractivity contribution in [1.29, 1.82) is 0 Å². The number of ether oxygens (including phenoxy) is 1. The van der Waals surface area contributed by atoms with Crippen molar-refractivity contribution in [3.63, 3.8) is 0 Å². The highest BCUT2D eigenvalue weighted by Gasteiger charge is 2.44. The molecule has 1 saturated heterocycles. The Bertz CT molecular complexity index is 609. The first-order valence-corrected chi connectivity index (χ1v) is 11.4. The normalized spacial score (nSPS) is 27.5. The van der Waals surface area contributed by atoms with Crippen LogP contribution in [0, 0.1) is 0 Å². The lowest BCUT2D eigenvalue weighted by molar-refractivity contribution is -0.0526. The summed E-state index contributed by atoms with van der Waals surface area (Å²) in [6.07, 6.45) is -0.453. The first kappa shape index (κ1) is 19.1. The monoisotopic (exact) mass is 357 g/mol. The number of aromatic nitrogens is 2. The van der Waals surface area contributed by atoms with E-state index in [0.29, 0.717) is 0 Å². The molecule has 2 rings (SSSR count). The van der Waals surface area contributed by atoms with Crippen molar-refractivity contribution >= 4 is 14.1 Å². The summed E-state index contributed by atoms with van der Waals surface area (Å²) < 4.78 is 12.8. The molecule has 1 aliphatic rings. The Morgan fingerprint density at radius 3 is 2.75 bits per heavy atom. The number of hydrogen-bond donors (Lipinski definition) is 3. The standard InChI is InChI=1S/C15H27N3O5Si/c1-4-5-8-24(2,3)22-9-10-12(19)13(20)14(23-10)18-7-6-11(16)17-15(18)21/h6-7,10,12-14,19-20H,4-5,8-9H2,1-3H3,(H2,16,17,21)/t10-,12-,13-,14-/m1/s1. The molecule has 1 aromatic rings. The molecule has 8 nitrogen and oxygen atoms in total. The topological polar surface area (TPSA) is 120 Å². The van der Waals surface area contributed by atoms with Gasteiger partial charge in [0.1, 0.15) is 24.1 Å². The van der Waals surface area contributed by atoms with E-state index in [-0.39, 0.29) is 12.4 Å². The molecule has 0 unspecified atom stereocenters. The summed E-state index contributed by atoms with van der Waals surface area (Å²) in [5.41, 5.74) is 4.82. The second-order valence-electron chi connectivity index (χ2n) is 6.76. The molecule has 136 valence electrons. The zero-order chi connectivity index (χ0) is 17.9. The van der Waals surface area contributed by atoms with Crippen molar-refractivity contribution in [1.82, 2.24) is 9.55 Å². The molecule has 0 aliphatic carbocycles. The van der Waals surface area contributed by atoms with Crippen molar-refractivity contribution in [3.05, 3.63) is 22.7 Å². The maximum atomic E-state index is 11.9. The van der Waals surface area contributed by atoms with Crippen molar-refractivity contribution in [3.8, 4) is 0 Å². The van der Waals surface area contributed by atoms with Crippen LogP contribution in [0.3, 0.4) is 0 Å². The lowest BCUT2D eigenvalue weighted by atomic mass is 10.1. The summed E-state index contributed by atoms with van der Waals surface area (Å²) in [5.74, 6) is 0.0906. The van der Waals surface area contributed by atoms with Gasteiger partial charge in [-0.3, -0.25) is 4.57 Å². The third kappa shape index (κ3) is 4.42. The Morgan fingerprint density at radius 1 is 1.42 bits per heavy atom. The van der Waals surface area contributed by atoms with Crippen LogP contribution < -0.4 is 11.4 Å². The summed E-state index contributed by atoms with van der Waals surface area (Å²) in [5, 5.41) is 20.4. The molecule has 1 fully saturated rings. The number of hydrogen-bond acceptors (Lipinski definition) is 7. The number of nitrogen functional groups attached to an aromatic ring is 1. The fourth-order valence-electron chi connectivity index (χ4n) is 2.70. The molecule has 0 bridgehead atoms. The third-order valence-electron chi connectivity index (χ3n) is 4.23. The Balaban J connectivity index is 2.03. The van der Waals surface area contributed by atoms with Gasteiger partial charge in [0.05, 0.1) is 6.61 Å². The summed E-state index contributed by atoms with van der Waals surface area (Å²) in [4.78, 5) is 15.5. The highest BCUT2D eigenvalue weighted by Crippen LogP contribution is 2.29. The van der Waals surface area contributed by atoms with Crippen molar-refractivity contribution in [2.45, 2.75) is 63.4 Å². The van der Waals surface area contributed by atoms with Crippen molar-refractivity contribution in [2.75, 3.05) is 12.3 Å². The van der Waals surface area contributed by atoms with Crippen LogP contribution in [0.4, 0.5) is 5.82 Å². The molecular formula is C15H27N3O5Si. The average molecular weight is 357 g/mol. The second kappa shape index (κ2) is 7.75. The van der Waals surface area contributed by atoms with Crippen LogP contribution in [0.1, 0.15) is 26.0 Å². The highest BCUT2D eigenvalue weighted by molar-refractivity contribution is 6.71. The largest absolute Gasteiger partial charge is 0.415 e. The van der Waals surface area contributed by atoms with Gasteiger partial charge in [0.15, 0.2) is 14.5 Å². The highest BCUT2D eigenvalue weighted by atomic mass is 28.4. The van der Waals surface area contributed by atoms with Crippen LogP contribution >= 0.6 is 0 Å². The summed E-state index contributed by atoms with van der Waals surface area (Å²) in [7, 11) is -1.83. The van der Waals surface area contributed by atoms with Crippen LogP contribution in [0.5, 0.6) is 0 Å². The third-order valence-corrected chi connectivity index (χ3v) is 6.74. The lowest BCUT2D eigenvalue weighted by Gasteiger charge is -2.25. The summed E-state index contributed by atoms with van der Waals surface area (Å²) in [6, 6.07) is 2.47. The SMILES string of the molecule is CCCC[Si](C)(C)OC[C@H]1O[C@@H](n2ccc(N)nc2=O)[C@H](O)[C@@H]1O. The van der Waals surface area contributed by atoms with Crippen LogP contribution in [0.2, 0.25) is 19.1 Å². The molecule has 24 heavy (non-hydrogen) atoms. The van der Waals surface area contributed by atoms with Gasteiger partial charge >= 0.3 is 5.69 Å². The fourth-order valence-corrected chi connectivity index (χ4v) is 4.66. The number of nitrogens with two attached hydrogens (primary N) is 1. The number of anilines is 1. The van der Waals surface area contributed by atoms with Crippen molar-refractivity contribution in [2.24, 2.45) is 0 Å². The first-order valence-electron chi connectivity index (χ1n) is 8.25. The Morgan fingerprint density at radius 2 is 2.12 bits per heavy atom. The summed E-state index contributed by atoms with van der Waals surface area (Å²) in [6.45, 7) is 6.56. The predicted molar refractivity (Wildman–Crippen MR) is 92.0 cm³/mol. The molecule has 0 saturated carbocycles. The number of nitrogens with zero attached hydrogens (tertiary/aromatic N) is 2. The van der Waals surface area contributed by atoms with E-state index in [2.05, 4.69) is 25.0 Å². The smallest absolute Gasteiger partial charge is 0.351 e. The van der Waals surface area contributed by atoms with Gasteiger partial charge in [0.2, 0.25) is 0 Å². The molecule has 0 aromatic carbocycles. The average Bonchev–Trinajstić information content (AvgIpc) is 2.79. The molecule has 0 spiro atoms. The minimum absolute atomic E-state index is 0.0906. The molecular weight excluding hydrogens is 330 g/mol. The zero-order valence-electron chi connectivity index (χ0n) is 14.4. The molecule has 1 aliphatic heterocycles. The zero-order valence-corrected chi connectivity index (χ0v) is 15.4. The van der Waals surface area contributed by atoms with E-state index < -0.39 is 38.5 Å².